The summed E-state index contributed by atoms with van der Waals surface area (Å²) in [5, 5.41) is 13.0. The number of rotatable bonds is 5. The minimum absolute atomic E-state index is 0.138. The van der Waals surface area contributed by atoms with Crippen LogP contribution in [0.2, 0.25) is 0 Å². The maximum Gasteiger partial charge on any atom is 0.326 e. The van der Waals surface area contributed by atoms with Crippen LogP contribution in [0.15, 0.2) is 48.7 Å². The van der Waals surface area contributed by atoms with E-state index in [4.69, 9.17) is 4.74 Å². The first kappa shape index (κ1) is 17.1. The number of halogens is 1. The van der Waals surface area contributed by atoms with Gasteiger partial charge in [0, 0.05) is 35.5 Å². The first-order valence-corrected chi connectivity index (χ1v) is 8.54. The molecule has 2 heterocycles. The standard InChI is InChI=1S/C20H17FN2O4/c21-13-5-6-17-11(7-13)9-18(27-17)19(24)23-16(20(25)26)8-12-10-22-15-4-2-1-3-14(12)15/h1-7,10,16,18,22H,8-9H2,(H,23,24)(H,25,26)/t16-,18+/m1/s1. The Kier molecular flexibility index (Phi) is 4.27. The van der Waals surface area contributed by atoms with Crippen LogP contribution >= 0.6 is 0 Å². The third kappa shape index (κ3) is 3.36. The average Bonchev–Trinajstić information content (AvgIpc) is 3.25. The van der Waals surface area contributed by atoms with Crippen molar-refractivity contribution in [3.8, 4) is 5.75 Å². The smallest absolute Gasteiger partial charge is 0.326 e. The van der Waals surface area contributed by atoms with Crippen LogP contribution in [0.1, 0.15) is 11.1 Å². The molecule has 0 spiro atoms. The number of amides is 1. The molecular formula is C20H17FN2O4. The van der Waals surface area contributed by atoms with Crippen LogP contribution in [0.3, 0.4) is 0 Å². The van der Waals surface area contributed by atoms with Crippen LogP contribution in [0.5, 0.6) is 5.75 Å². The van der Waals surface area contributed by atoms with E-state index in [0.717, 1.165) is 16.5 Å². The number of hydrogen-bond donors (Lipinski definition) is 3. The van der Waals surface area contributed by atoms with Crippen molar-refractivity contribution in [3.05, 3.63) is 65.6 Å². The van der Waals surface area contributed by atoms with Gasteiger partial charge < -0.3 is 20.1 Å². The summed E-state index contributed by atoms with van der Waals surface area (Å²) in [5.41, 5.74) is 2.30. The number of ether oxygens (including phenoxy) is 1. The van der Waals surface area contributed by atoms with Gasteiger partial charge >= 0.3 is 5.97 Å². The van der Waals surface area contributed by atoms with E-state index in [1.54, 1.807) is 6.20 Å². The molecule has 0 bridgehead atoms. The zero-order valence-electron chi connectivity index (χ0n) is 14.2. The number of nitrogens with one attached hydrogen (secondary N) is 2. The summed E-state index contributed by atoms with van der Waals surface area (Å²) in [5.74, 6) is -1.62. The number of carboxylic acids is 1. The Hall–Kier alpha value is -3.35. The van der Waals surface area contributed by atoms with Crippen molar-refractivity contribution in [1.82, 2.24) is 10.3 Å². The van der Waals surface area contributed by atoms with Gasteiger partial charge in [0.2, 0.25) is 0 Å². The summed E-state index contributed by atoms with van der Waals surface area (Å²) >= 11 is 0. The predicted molar refractivity (Wildman–Crippen MR) is 96.1 cm³/mol. The Labute approximate surface area is 154 Å². The van der Waals surface area contributed by atoms with Crippen LogP contribution in [-0.2, 0) is 22.4 Å². The molecule has 1 aliphatic rings. The molecule has 1 aliphatic heterocycles. The number of hydrogen-bond acceptors (Lipinski definition) is 3. The molecule has 3 aromatic rings. The second-order valence-corrected chi connectivity index (χ2v) is 6.53. The highest BCUT2D eigenvalue weighted by molar-refractivity contribution is 5.89. The predicted octanol–water partition coefficient (Wildman–Crippen LogP) is 2.42. The Morgan fingerprint density at radius 3 is 2.93 bits per heavy atom. The van der Waals surface area contributed by atoms with Crippen LogP contribution in [0.4, 0.5) is 4.39 Å². The van der Waals surface area contributed by atoms with Gasteiger partial charge in [0.25, 0.3) is 5.91 Å². The van der Waals surface area contributed by atoms with Crippen LogP contribution in [0.25, 0.3) is 10.9 Å². The Balaban J connectivity index is 1.47. The van der Waals surface area contributed by atoms with E-state index in [9.17, 15) is 19.1 Å². The lowest BCUT2D eigenvalue weighted by Gasteiger charge is -2.17. The molecule has 0 radical (unpaired) electrons. The molecule has 138 valence electrons. The van der Waals surface area contributed by atoms with Gasteiger partial charge in [-0.05, 0) is 29.8 Å². The molecule has 0 fully saturated rings. The number of para-hydroxylation sites is 1. The largest absolute Gasteiger partial charge is 0.480 e. The number of aromatic nitrogens is 1. The number of fused-ring (bicyclic) bond motifs is 2. The number of carboxylic acid groups (broad SMARTS) is 1. The van der Waals surface area contributed by atoms with Crippen molar-refractivity contribution >= 4 is 22.8 Å². The van der Waals surface area contributed by atoms with Gasteiger partial charge in [-0.2, -0.15) is 0 Å². The summed E-state index contributed by atoms with van der Waals surface area (Å²) in [6.07, 6.45) is 1.22. The number of carbonyl (C=O) groups excluding carboxylic acids is 1. The summed E-state index contributed by atoms with van der Waals surface area (Å²) in [4.78, 5) is 27.3. The fraction of sp³-hybridized carbons (Fsp3) is 0.200. The minimum atomic E-state index is -1.13. The highest BCUT2D eigenvalue weighted by Crippen LogP contribution is 2.29. The molecule has 0 unspecified atom stereocenters. The molecule has 27 heavy (non-hydrogen) atoms. The molecule has 2 aromatic carbocycles. The molecule has 6 nitrogen and oxygen atoms in total. The SMILES string of the molecule is O=C(N[C@H](Cc1c[nH]c2ccccc12)C(=O)O)[C@@H]1Cc2cc(F)ccc2O1. The molecule has 1 amide bonds. The zero-order chi connectivity index (χ0) is 19.0. The van der Waals surface area contributed by atoms with E-state index in [-0.39, 0.29) is 12.8 Å². The molecule has 4 rings (SSSR count). The molecule has 1 aromatic heterocycles. The van der Waals surface area contributed by atoms with Crippen LogP contribution < -0.4 is 10.1 Å². The highest BCUT2D eigenvalue weighted by Gasteiger charge is 2.32. The first-order chi connectivity index (χ1) is 13.0. The van der Waals surface area contributed by atoms with Crippen molar-refractivity contribution in [3.63, 3.8) is 0 Å². The normalized spacial score (nSPS) is 16.6. The van der Waals surface area contributed by atoms with Crippen molar-refractivity contribution in [2.45, 2.75) is 25.0 Å². The van der Waals surface area contributed by atoms with Gasteiger partial charge in [-0.3, -0.25) is 4.79 Å². The molecule has 7 heteroatoms. The Morgan fingerprint density at radius 2 is 2.11 bits per heavy atom. The molecule has 0 saturated heterocycles. The lowest BCUT2D eigenvalue weighted by Crippen LogP contribution is -2.47. The quantitative estimate of drug-likeness (QED) is 0.645. The molecule has 2 atom stereocenters. The van der Waals surface area contributed by atoms with Crippen molar-refractivity contribution < 1.29 is 23.8 Å². The van der Waals surface area contributed by atoms with Gasteiger partial charge in [-0.1, -0.05) is 18.2 Å². The second-order valence-electron chi connectivity index (χ2n) is 6.53. The Bertz CT molecular complexity index is 1030. The first-order valence-electron chi connectivity index (χ1n) is 8.54. The molecule has 3 N–H and O–H groups in total. The maximum absolute atomic E-state index is 13.3. The molecule has 0 aliphatic carbocycles. The number of aliphatic carboxylic acids is 1. The van der Waals surface area contributed by atoms with Crippen LogP contribution in [0, 0.1) is 5.82 Å². The van der Waals surface area contributed by atoms with Gasteiger partial charge in [0.15, 0.2) is 6.10 Å². The van der Waals surface area contributed by atoms with Gasteiger partial charge in [-0.25, -0.2) is 9.18 Å². The second kappa shape index (κ2) is 6.75. The van der Waals surface area contributed by atoms with E-state index >= 15 is 0 Å². The lowest BCUT2D eigenvalue weighted by atomic mass is 10.0. The summed E-state index contributed by atoms with van der Waals surface area (Å²) in [6.45, 7) is 0. The van der Waals surface area contributed by atoms with E-state index in [1.165, 1.54) is 18.2 Å². The van der Waals surface area contributed by atoms with Gasteiger partial charge in [-0.15, -0.1) is 0 Å². The number of carbonyl (C=O) groups is 2. The molecular weight excluding hydrogens is 351 g/mol. The summed E-state index contributed by atoms with van der Waals surface area (Å²) in [6, 6.07) is 10.5. The number of H-pyrrole nitrogens is 1. The van der Waals surface area contributed by atoms with Gasteiger partial charge in [0.1, 0.15) is 17.6 Å². The summed E-state index contributed by atoms with van der Waals surface area (Å²) in [7, 11) is 0. The molecule has 0 saturated carbocycles. The van der Waals surface area contributed by atoms with E-state index in [0.29, 0.717) is 11.3 Å². The third-order valence-corrected chi connectivity index (χ3v) is 4.70. The van der Waals surface area contributed by atoms with Crippen molar-refractivity contribution in [2.24, 2.45) is 0 Å². The average molecular weight is 368 g/mol. The van der Waals surface area contributed by atoms with E-state index in [1.807, 2.05) is 24.3 Å². The van der Waals surface area contributed by atoms with Crippen molar-refractivity contribution in [1.29, 1.82) is 0 Å². The fourth-order valence-corrected chi connectivity index (χ4v) is 3.35. The van der Waals surface area contributed by atoms with E-state index < -0.39 is 29.8 Å². The van der Waals surface area contributed by atoms with Crippen LogP contribution in [-0.4, -0.2) is 34.1 Å². The maximum atomic E-state index is 13.3. The number of aromatic amines is 1. The minimum Gasteiger partial charge on any atom is -0.480 e. The Morgan fingerprint density at radius 1 is 1.30 bits per heavy atom. The highest BCUT2D eigenvalue weighted by atomic mass is 19.1. The monoisotopic (exact) mass is 368 g/mol. The zero-order valence-corrected chi connectivity index (χ0v) is 14.2. The summed E-state index contributed by atoms with van der Waals surface area (Å²) < 4.78 is 18.8. The number of benzene rings is 2. The lowest BCUT2D eigenvalue weighted by molar-refractivity contribution is -0.142. The van der Waals surface area contributed by atoms with Gasteiger partial charge in [0.05, 0.1) is 0 Å². The third-order valence-electron chi connectivity index (χ3n) is 4.70. The van der Waals surface area contributed by atoms with Crippen molar-refractivity contribution in [2.75, 3.05) is 0 Å². The fourth-order valence-electron chi connectivity index (χ4n) is 3.35. The van der Waals surface area contributed by atoms with E-state index in [2.05, 4.69) is 10.3 Å². The topological polar surface area (TPSA) is 91.4 Å².